The number of methoxy groups -OCH3 is 1. The summed E-state index contributed by atoms with van der Waals surface area (Å²) in [4.78, 5) is 22.1. The highest BCUT2D eigenvalue weighted by Gasteiger charge is 2.03. The summed E-state index contributed by atoms with van der Waals surface area (Å²) in [5.74, 6) is 0.458. The van der Waals surface area contributed by atoms with Crippen LogP contribution in [0.15, 0.2) is 12.4 Å². The first-order chi connectivity index (χ1) is 10.2. The molecule has 0 saturated heterocycles. The fourth-order valence-electron chi connectivity index (χ4n) is 1.82. The van der Waals surface area contributed by atoms with Gasteiger partial charge in [-0.05, 0) is 26.1 Å². The van der Waals surface area contributed by atoms with E-state index in [1.807, 2.05) is 0 Å². The second kappa shape index (κ2) is 9.93. The third kappa shape index (κ3) is 6.89. The quantitative estimate of drug-likeness (QED) is 0.665. The van der Waals surface area contributed by atoms with E-state index in [9.17, 15) is 4.79 Å². The van der Waals surface area contributed by atoms with Crippen molar-refractivity contribution in [1.29, 1.82) is 0 Å². The number of carbonyl (C=O) groups excluding carboxylic acids is 1. The van der Waals surface area contributed by atoms with E-state index in [4.69, 9.17) is 4.74 Å². The van der Waals surface area contributed by atoms with Gasteiger partial charge in [-0.2, -0.15) is 0 Å². The summed E-state index contributed by atoms with van der Waals surface area (Å²) in [6, 6.07) is -0.188. The maximum absolute atomic E-state index is 11.6. The van der Waals surface area contributed by atoms with Crippen molar-refractivity contribution in [1.82, 2.24) is 25.5 Å². The Kier molecular flexibility index (Phi) is 8.11. The molecule has 0 radical (unpaired) electrons. The van der Waals surface area contributed by atoms with Gasteiger partial charge in [0.05, 0.1) is 31.7 Å². The van der Waals surface area contributed by atoms with Crippen molar-refractivity contribution in [2.75, 3.05) is 33.3 Å². The molecule has 0 aromatic carbocycles. The molecule has 7 heteroatoms. The smallest absolute Gasteiger partial charge is 0.315 e. The first kappa shape index (κ1) is 17.2. The van der Waals surface area contributed by atoms with Gasteiger partial charge in [-0.3, -0.25) is 4.98 Å². The number of nitrogens with zero attached hydrogens (tertiary/aromatic N) is 3. The molecule has 1 rings (SSSR count). The highest BCUT2D eigenvalue weighted by Crippen LogP contribution is 2.01. The number of urea groups is 1. The summed E-state index contributed by atoms with van der Waals surface area (Å²) in [6.07, 6.45) is 4.05. The van der Waals surface area contributed by atoms with Crippen LogP contribution in [0.5, 0.6) is 5.88 Å². The highest BCUT2D eigenvalue weighted by atomic mass is 16.5. The Labute approximate surface area is 126 Å². The predicted octanol–water partition coefficient (Wildman–Crippen LogP) is 1.02. The van der Waals surface area contributed by atoms with E-state index >= 15 is 0 Å². The average Bonchev–Trinajstić information content (AvgIpc) is 2.53. The summed E-state index contributed by atoms with van der Waals surface area (Å²) in [5, 5.41) is 5.57. The van der Waals surface area contributed by atoms with Gasteiger partial charge in [0.1, 0.15) is 0 Å². The number of amides is 2. The summed E-state index contributed by atoms with van der Waals surface area (Å²) in [5.41, 5.74) is 0.689. The van der Waals surface area contributed by atoms with Crippen LogP contribution in [0.3, 0.4) is 0 Å². The summed E-state index contributed by atoms with van der Waals surface area (Å²) in [6.45, 7) is 8.36. The topological polar surface area (TPSA) is 79.4 Å². The minimum Gasteiger partial charge on any atom is -0.480 e. The van der Waals surface area contributed by atoms with Crippen LogP contribution in [0.4, 0.5) is 4.79 Å². The fourth-order valence-corrected chi connectivity index (χ4v) is 1.82. The Hall–Kier alpha value is -1.89. The zero-order chi connectivity index (χ0) is 15.5. The second-order valence-electron chi connectivity index (χ2n) is 4.54. The normalized spacial score (nSPS) is 10.5. The second-order valence-corrected chi connectivity index (χ2v) is 4.54. The van der Waals surface area contributed by atoms with Gasteiger partial charge in [-0.25, -0.2) is 9.78 Å². The molecule has 21 heavy (non-hydrogen) atoms. The molecule has 118 valence electrons. The van der Waals surface area contributed by atoms with Gasteiger partial charge < -0.3 is 20.3 Å². The zero-order valence-electron chi connectivity index (χ0n) is 13.1. The highest BCUT2D eigenvalue weighted by molar-refractivity contribution is 5.73. The minimum absolute atomic E-state index is 0.188. The number of hydrogen-bond acceptors (Lipinski definition) is 5. The number of nitrogens with one attached hydrogen (secondary N) is 2. The van der Waals surface area contributed by atoms with Crippen LogP contribution in [0.1, 0.15) is 26.0 Å². The largest absolute Gasteiger partial charge is 0.480 e. The first-order valence-electron chi connectivity index (χ1n) is 7.28. The maximum atomic E-state index is 11.6. The van der Waals surface area contributed by atoms with Gasteiger partial charge in [0.25, 0.3) is 0 Å². The molecule has 7 nitrogen and oxygen atoms in total. The van der Waals surface area contributed by atoms with Crippen molar-refractivity contribution in [2.45, 2.75) is 26.8 Å². The van der Waals surface area contributed by atoms with Crippen molar-refractivity contribution < 1.29 is 9.53 Å². The van der Waals surface area contributed by atoms with Gasteiger partial charge in [0, 0.05) is 6.54 Å². The van der Waals surface area contributed by atoms with Crippen molar-refractivity contribution >= 4 is 6.03 Å². The van der Waals surface area contributed by atoms with Gasteiger partial charge >= 0.3 is 6.03 Å². The standard InChI is InChI=1S/C14H25N5O2/c1-4-19(5-2)8-6-7-15-14(20)18-10-12-9-17-13(21-3)11-16-12/h9,11H,4-8,10H2,1-3H3,(H2,15,18,20). The number of aromatic nitrogens is 2. The molecule has 2 N–H and O–H groups in total. The molecule has 0 unspecified atom stereocenters. The summed E-state index contributed by atoms with van der Waals surface area (Å²) in [7, 11) is 1.54. The van der Waals surface area contributed by atoms with Crippen LogP contribution in [-0.4, -0.2) is 54.2 Å². The van der Waals surface area contributed by atoms with Gasteiger partial charge in [0.2, 0.25) is 5.88 Å². The van der Waals surface area contributed by atoms with E-state index in [1.165, 1.54) is 13.3 Å². The summed E-state index contributed by atoms with van der Waals surface area (Å²) >= 11 is 0. The van der Waals surface area contributed by atoms with E-state index in [1.54, 1.807) is 6.20 Å². The van der Waals surface area contributed by atoms with Crippen molar-refractivity contribution in [3.05, 3.63) is 18.1 Å². The molecule has 0 fully saturated rings. The van der Waals surface area contributed by atoms with E-state index in [0.29, 0.717) is 24.7 Å². The SMILES string of the molecule is CCN(CC)CCCNC(=O)NCc1cnc(OC)cn1. The Bertz CT molecular complexity index is 406. The molecule has 1 aromatic rings. The molecule has 0 aliphatic carbocycles. The van der Waals surface area contributed by atoms with E-state index < -0.39 is 0 Å². The van der Waals surface area contributed by atoms with Crippen LogP contribution in [0, 0.1) is 0 Å². The van der Waals surface area contributed by atoms with Crippen LogP contribution in [-0.2, 0) is 6.54 Å². The van der Waals surface area contributed by atoms with Crippen molar-refractivity contribution in [3.63, 3.8) is 0 Å². The minimum atomic E-state index is -0.188. The van der Waals surface area contributed by atoms with Gasteiger partial charge in [0.15, 0.2) is 0 Å². The molecule has 0 atom stereocenters. The molecular formula is C14H25N5O2. The summed E-state index contributed by atoms with van der Waals surface area (Å²) < 4.78 is 4.92. The van der Waals surface area contributed by atoms with E-state index in [2.05, 4.69) is 39.3 Å². The molecule has 0 spiro atoms. The van der Waals surface area contributed by atoms with Crippen LogP contribution >= 0.6 is 0 Å². The molecule has 1 aromatic heterocycles. The third-order valence-electron chi connectivity index (χ3n) is 3.15. The number of rotatable bonds is 9. The van der Waals surface area contributed by atoms with Gasteiger partial charge in [-0.1, -0.05) is 13.8 Å². The van der Waals surface area contributed by atoms with Crippen LogP contribution in [0.25, 0.3) is 0 Å². The number of carbonyl (C=O) groups is 1. The molecular weight excluding hydrogens is 270 g/mol. The lowest BCUT2D eigenvalue weighted by atomic mass is 10.3. The van der Waals surface area contributed by atoms with Crippen LogP contribution < -0.4 is 15.4 Å². The monoisotopic (exact) mass is 295 g/mol. The number of hydrogen-bond donors (Lipinski definition) is 2. The zero-order valence-corrected chi connectivity index (χ0v) is 13.1. The molecule has 0 aliphatic rings. The van der Waals surface area contributed by atoms with Crippen molar-refractivity contribution in [2.24, 2.45) is 0 Å². The third-order valence-corrected chi connectivity index (χ3v) is 3.15. The molecule has 0 saturated carbocycles. The Morgan fingerprint density at radius 3 is 2.57 bits per heavy atom. The Morgan fingerprint density at radius 1 is 1.24 bits per heavy atom. The Morgan fingerprint density at radius 2 is 2.00 bits per heavy atom. The molecule has 0 aliphatic heterocycles. The average molecular weight is 295 g/mol. The number of ether oxygens (including phenoxy) is 1. The molecule has 1 heterocycles. The predicted molar refractivity (Wildman–Crippen MR) is 81.2 cm³/mol. The lowest BCUT2D eigenvalue weighted by Crippen LogP contribution is -2.37. The lowest BCUT2D eigenvalue weighted by Gasteiger charge is -2.17. The van der Waals surface area contributed by atoms with Crippen molar-refractivity contribution in [3.8, 4) is 5.88 Å². The first-order valence-corrected chi connectivity index (χ1v) is 7.28. The van der Waals surface area contributed by atoms with E-state index in [0.717, 1.165) is 26.1 Å². The Balaban J connectivity index is 2.15. The van der Waals surface area contributed by atoms with Gasteiger partial charge in [-0.15, -0.1) is 0 Å². The molecule has 2 amide bonds. The molecule has 0 bridgehead atoms. The lowest BCUT2D eigenvalue weighted by molar-refractivity contribution is 0.238. The maximum Gasteiger partial charge on any atom is 0.315 e. The van der Waals surface area contributed by atoms with E-state index in [-0.39, 0.29) is 6.03 Å². The fraction of sp³-hybridized carbons (Fsp3) is 0.643. The van der Waals surface area contributed by atoms with Crippen LogP contribution in [0.2, 0.25) is 0 Å².